The van der Waals surface area contributed by atoms with E-state index in [4.69, 9.17) is 28.9 Å². The van der Waals surface area contributed by atoms with E-state index in [9.17, 15) is 4.79 Å². The van der Waals surface area contributed by atoms with E-state index in [2.05, 4.69) is 20.6 Å². The number of hydrogen-bond acceptors (Lipinski definition) is 5. The summed E-state index contributed by atoms with van der Waals surface area (Å²) in [6.07, 6.45) is 1.61. The highest BCUT2D eigenvalue weighted by Crippen LogP contribution is 2.26. The number of nitrogens with zero attached hydrogens (tertiary/aromatic N) is 4. The van der Waals surface area contributed by atoms with E-state index in [0.717, 1.165) is 5.56 Å². The van der Waals surface area contributed by atoms with Crippen LogP contribution < -0.4 is 11.1 Å². The maximum absolute atomic E-state index is 11.9. The molecule has 0 saturated carbocycles. The molecule has 20 heavy (non-hydrogen) atoms. The third kappa shape index (κ3) is 3.44. The number of hydrogen-bond donors (Lipinski definition) is 2. The van der Waals surface area contributed by atoms with Crippen LogP contribution in [0.4, 0.5) is 5.69 Å². The summed E-state index contributed by atoms with van der Waals surface area (Å²) < 4.78 is 1.39. The minimum absolute atomic E-state index is 0.00535. The molecular weight excluding hydrogens is 303 g/mol. The predicted molar refractivity (Wildman–Crippen MR) is 75.5 cm³/mol. The van der Waals surface area contributed by atoms with E-state index in [1.54, 1.807) is 19.2 Å². The number of rotatable bonds is 4. The van der Waals surface area contributed by atoms with Crippen molar-refractivity contribution in [2.24, 2.45) is 5.73 Å². The summed E-state index contributed by atoms with van der Waals surface area (Å²) in [7, 11) is 0. The van der Waals surface area contributed by atoms with E-state index in [-0.39, 0.29) is 29.3 Å². The van der Waals surface area contributed by atoms with E-state index in [1.807, 2.05) is 0 Å². The third-order valence-corrected chi connectivity index (χ3v) is 2.97. The standard InChI is InChI=1S/C11H12Cl2N6O/c1-6-2-8(12)15-11(13)10(6)16-9(20)5-19-4-7(3-14)17-18-19/h2,4H,3,5,14H2,1H3,(H,16,20). The lowest BCUT2D eigenvalue weighted by molar-refractivity contribution is -0.116. The molecule has 2 rings (SSSR count). The first-order chi connectivity index (χ1) is 9.49. The van der Waals surface area contributed by atoms with Crippen molar-refractivity contribution in [3.8, 4) is 0 Å². The largest absolute Gasteiger partial charge is 0.325 e. The molecule has 0 aromatic carbocycles. The second kappa shape index (κ2) is 6.17. The maximum Gasteiger partial charge on any atom is 0.246 e. The second-order valence-corrected chi connectivity index (χ2v) is 4.83. The van der Waals surface area contributed by atoms with Crippen LogP contribution in [0.15, 0.2) is 12.3 Å². The van der Waals surface area contributed by atoms with Gasteiger partial charge in [-0.3, -0.25) is 4.79 Å². The van der Waals surface area contributed by atoms with Gasteiger partial charge in [-0.1, -0.05) is 28.4 Å². The summed E-state index contributed by atoms with van der Waals surface area (Å²) in [4.78, 5) is 15.8. The summed E-state index contributed by atoms with van der Waals surface area (Å²) in [5, 5.41) is 10.7. The molecule has 0 bridgehead atoms. The molecule has 0 unspecified atom stereocenters. The molecule has 0 atom stereocenters. The molecule has 2 heterocycles. The van der Waals surface area contributed by atoms with Gasteiger partial charge in [0, 0.05) is 6.54 Å². The SMILES string of the molecule is Cc1cc(Cl)nc(Cl)c1NC(=O)Cn1cc(CN)nn1. The Hall–Kier alpha value is -1.70. The molecular formula is C11H12Cl2N6O. The van der Waals surface area contributed by atoms with Crippen LogP contribution >= 0.6 is 23.2 Å². The minimum atomic E-state index is -0.299. The number of nitrogens with two attached hydrogens (primary N) is 1. The molecule has 9 heteroatoms. The Bertz CT molecular complexity index is 619. The van der Waals surface area contributed by atoms with Crippen molar-refractivity contribution in [1.29, 1.82) is 0 Å². The van der Waals surface area contributed by atoms with Crippen LogP contribution in [0.5, 0.6) is 0 Å². The number of halogens is 2. The van der Waals surface area contributed by atoms with Crippen molar-refractivity contribution in [1.82, 2.24) is 20.0 Å². The van der Waals surface area contributed by atoms with E-state index in [1.165, 1.54) is 4.68 Å². The molecule has 0 aliphatic heterocycles. The average Bonchev–Trinajstić information content (AvgIpc) is 2.81. The maximum atomic E-state index is 11.9. The van der Waals surface area contributed by atoms with Crippen molar-refractivity contribution in [3.63, 3.8) is 0 Å². The van der Waals surface area contributed by atoms with Crippen LogP contribution in [-0.4, -0.2) is 25.9 Å². The zero-order chi connectivity index (χ0) is 14.7. The number of carbonyl (C=O) groups is 1. The lowest BCUT2D eigenvalue weighted by Crippen LogP contribution is -2.20. The Morgan fingerprint density at radius 1 is 1.50 bits per heavy atom. The van der Waals surface area contributed by atoms with Crippen LogP contribution in [0.3, 0.4) is 0 Å². The van der Waals surface area contributed by atoms with Gasteiger partial charge in [0.15, 0.2) is 5.15 Å². The summed E-state index contributed by atoms with van der Waals surface area (Å²) >= 11 is 11.7. The van der Waals surface area contributed by atoms with E-state index >= 15 is 0 Å². The number of pyridine rings is 1. The minimum Gasteiger partial charge on any atom is -0.325 e. The number of nitrogens with one attached hydrogen (secondary N) is 1. The van der Waals surface area contributed by atoms with Crippen LogP contribution in [-0.2, 0) is 17.9 Å². The van der Waals surface area contributed by atoms with Crippen molar-refractivity contribution < 1.29 is 4.79 Å². The molecule has 3 N–H and O–H groups in total. The Morgan fingerprint density at radius 2 is 2.25 bits per heavy atom. The van der Waals surface area contributed by atoms with Gasteiger partial charge in [0.2, 0.25) is 5.91 Å². The lowest BCUT2D eigenvalue weighted by Gasteiger charge is -2.10. The number of aromatic nitrogens is 4. The molecule has 0 aliphatic carbocycles. The monoisotopic (exact) mass is 314 g/mol. The molecule has 0 spiro atoms. The number of carbonyl (C=O) groups excluding carboxylic acids is 1. The van der Waals surface area contributed by atoms with Crippen LogP contribution in [0.1, 0.15) is 11.3 Å². The van der Waals surface area contributed by atoms with E-state index in [0.29, 0.717) is 11.4 Å². The molecule has 106 valence electrons. The number of amides is 1. The Labute approximate surface area is 125 Å². The van der Waals surface area contributed by atoms with Crippen LogP contribution in [0.2, 0.25) is 10.3 Å². The second-order valence-electron chi connectivity index (χ2n) is 4.09. The Balaban J connectivity index is 2.08. The smallest absolute Gasteiger partial charge is 0.246 e. The highest BCUT2D eigenvalue weighted by atomic mass is 35.5. The van der Waals surface area contributed by atoms with Crippen molar-refractivity contribution in [2.45, 2.75) is 20.0 Å². The van der Waals surface area contributed by atoms with Crippen LogP contribution in [0.25, 0.3) is 0 Å². The predicted octanol–water partition coefficient (Wildman–Crippen LogP) is 1.39. The average molecular weight is 315 g/mol. The quantitative estimate of drug-likeness (QED) is 0.831. The van der Waals surface area contributed by atoms with E-state index < -0.39 is 0 Å². The molecule has 0 radical (unpaired) electrons. The molecule has 2 aromatic heterocycles. The molecule has 7 nitrogen and oxygen atoms in total. The van der Waals surface area contributed by atoms with Crippen molar-refractivity contribution in [3.05, 3.63) is 33.8 Å². The lowest BCUT2D eigenvalue weighted by atomic mass is 10.2. The normalized spacial score (nSPS) is 10.6. The number of aryl methyl sites for hydroxylation is 1. The van der Waals surface area contributed by atoms with Gasteiger partial charge >= 0.3 is 0 Å². The van der Waals surface area contributed by atoms with Gasteiger partial charge in [0.25, 0.3) is 0 Å². The molecule has 2 aromatic rings. The highest BCUT2D eigenvalue weighted by Gasteiger charge is 2.12. The summed E-state index contributed by atoms with van der Waals surface area (Å²) in [6.45, 7) is 2.05. The summed E-state index contributed by atoms with van der Waals surface area (Å²) in [5.74, 6) is -0.299. The first-order valence-electron chi connectivity index (χ1n) is 5.71. The highest BCUT2D eigenvalue weighted by molar-refractivity contribution is 6.34. The zero-order valence-electron chi connectivity index (χ0n) is 10.6. The Morgan fingerprint density at radius 3 is 2.85 bits per heavy atom. The fraction of sp³-hybridized carbons (Fsp3) is 0.273. The van der Waals surface area contributed by atoms with Gasteiger partial charge < -0.3 is 11.1 Å². The zero-order valence-corrected chi connectivity index (χ0v) is 12.1. The van der Waals surface area contributed by atoms with Crippen molar-refractivity contribution >= 4 is 34.8 Å². The van der Waals surface area contributed by atoms with Gasteiger partial charge in [-0.15, -0.1) is 5.10 Å². The first kappa shape index (κ1) is 14.7. The van der Waals surface area contributed by atoms with Crippen molar-refractivity contribution in [2.75, 3.05) is 5.32 Å². The summed E-state index contributed by atoms with van der Waals surface area (Å²) in [6, 6.07) is 1.62. The topological polar surface area (TPSA) is 98.7 Å². The van der Waals surface area contributed by atoms with Gasteiger partial charge in [-0.05, 0) is 18.6 Å². The summed E-state index contributed by atoms with van der Waals surface area (Å²) in [5.41, 5.74) is 7.19. The molecule has 0 fully saturated rings. The first-order valence-corrected chi connectivity index (χ1v) is 6.46. The Kier molecular flexibility index (Phi) is 4.53. The van der Waals surface area contributed by atoms with Gasteiger partial charge in [0.05, 0.1) is 17.6 Å². The third-order valence-electron chi connectivity index (χ3n) is 2.51. The number of anilines is 1. The molecule has 0 saturated heterocycles. The molecule has 1 amide bonds. The fourth-order valence-electron chi connectivity index (χ4n) is 1.58. The van der Waals surface area contributed by atoms with Gasteiger partial charge in [-0.2, -0.15) is 0 Å². The fourth-order valence-corrected chi connectivity index (χ4v) is 2.16. The van der Waals surface area contributed by atoms with Gasteiger partial charge in [-0.25, -0.2) is 9.67 Å². The molecule has 0 aliphatic rings. The van der Waals surface area contributed by atoms with Crippen LogP contribution in [0, 0.1) is 6.92 Å². The van der Waals surface area contributed by atoms with Gasteiger partial charge in [0.1, 0.15) is 11.7 Å².